The van der Waals surface area contributed by atoms with Gasteiger partial charge in [0.15, 0.2) is 5.17 Å². The summed E-state index contributed by atoms with van der Waals surface area (Å²) < 4.78 is 5.24. The van der Waals surface area contributed by atoms with Crippen LogP contribution in [0.4, 0.5) is 0 Å². The fraction of sp³-hybridized carbons (Fsp3) is 0.846. The van der Waals surface area contributed by atoms with E-state index in [0.29, 0.717) is 38.1 Å². The summed E-state index contributed by atoms with van der Waals surface area (Å²) in [5.41, 5.74) is 0. The summed E-state index contributed by atoms with van der Waals surface area (Å²) in [5, 5.41) is 4.37. The van der Waals surface area contributed by atoms with E-state index in [9.17, 15) is 4.79 Å². The van der Waals surface area contributed by atoms with Gasteiger partial charge < -0.3 is 15.0 Å². The fourth-order valence-electron chi connectivity index (χ4n) is 2.05. The standard InChI is InChI=1S/C13H23N3O2S/c1-10-9-19-13(15-11(10)2)14-4-3-12(17)16-5-7-18-8-6-16/h10-11H,3-9H2,1-2H3,(H,14,15). The predicted molar refractivity (Wildman–Crippen MR) is 78.5 cm³/mol. The third-order valence-electron chi connectivity index (χ3n) is 3.63. The van der Waals surface area contributed by atoms with Gasteiger partial charge in [-0.15, -0.1) is 0 Å². The molecule has 5 nitrogen and oxygen atoms in total. The van der Waals surface area contributed by atoms with Crippen LogP contribution in [0.3, 0.4) is 0 Å². The second kappa shape index (κ2) is 7.14. The Hall–Kier alpha value is -0.750. The van der Waals surface area contributed by atoms with Crippen LogP contribution < -0.4 is 5.32 Å². The van der Waals surface area contributed by atoms with Crippen molar-refractivity contribution in [1.29, 1.82) is 0 Å². The normalized spacial score (nSPS) is 30.2. The van der Waals surface area contributed by atoms with Crippen LogP contribution in [0.5, 0.6) is 0 Å². The summed E-state index contributed by atoms with van der Waals surface area (Å²) in [4.78, 5) is 18.3. The third kappa shape index (κ3) is 4.38. The van der Waals surface area contributed by atoms with Gasteiger partial charge in [-0.3, -0.25) is 9.79 Å². The van der Waals surface area contributed by atoms with Gasteiger partial charge in [0.25, 0.3) is 0 Å². The highest BCUT2D eigenvalue weighted by atomic mass is 32.2. The van der Waals surface area contributed by atoms with E-state index in [4.69, 9.17) is 4.74 Å². The molecule has 6 heteroatoms. The van der Waals surface area contributed by atoms with Crippen molar-refractivity contribution < 1.29 is 9.53 Å². The lowest BCUT2D eigenvalue weighted by Crippen LogP contribution is -2.42. The van der Waals surface area contributed by atoms with Crippen LogP contribution in [-0.2, 0) is 9.53 Å². The van der Waals surface area contributed by atoms with Gasteiger partial charge in [0.1, 0.15) is 0 Å². The molecule has 0 bridgehead atoms. The minimum atomic E-state index is 0.190. The maximum Gasteiger partial charge on any atom is 0.224 e. The largest absolute Gasteiger partial charge is 0.378 e. The molecule has 0 saturated carbocycles. The molecule has 2 fully saturated rings. The first-order valence-corrected chi connectivity index (χ1v) is 7.94. The number of carbonyl (C=O) groups is 1. The number of nitrogens with zero attached hydrogens (tertiary/aromatic N) is 2. The zero-order chi connectivity index (χ0) is 13.7. The number of amides is 1. The van der Waals surface area contributed by atoms with E-state index in [0.717, 1.165) is 24.0 Å². The number of hydrogen-bond acceptors (Lipinski definition) is 4. The van der Waals surface area contributed by atoms with Gasteiger partial charge >= 0.3 is 0 Å². The average Bonchev–Trinajstić information content (AvgIpc) is 2.43. The van der Waals surface area contributed by atoms with Crippen molar-refractivity contribution in [2.24, 2.45) is 10.9 Å². The van der Waals surface area contributed by atoms with E-state index in [2.05, 4.69) is 24.2 Å². The van der Waals surface area contributed by atoms with Gasteiger partial charge in [0, 0.05) is 31.3 Å². The van der Waals surface area contributed by atoms with E-state index < -0.39 is 0 Å². The summed E-state index contributed by atoms with van der Waals surface area (Å²) in [5.74, 6) is 1.96. The maximum absolute atomic E-state index is 11.9. The Labute approximate surface area is 119 Å². The lowest BCUT2D eigenvalue weighted by molar-refractivity contribution is -0.135. The molecule has 1 amide bonds. The van der Waals surface area contributed by atoms with E-state index in [1.54, 1.807) is 11.8 Å². The van der Waals surface area contributed by atoms with Crippen molar-refractivity contribution in [3.63, 3.8) is 0 Å². The first-order valence-electron chi connectivity index (χ1n) is 6.96. The zero-order valence-corrected chi connectivity index (χ0v) is 12.5. The lowest BCUT2D eigenvalue weighted by atomic mass is 10.1. The Morgan fingerprint density at radius 2 is 2.21 bits per heavy atom. The molecule has 1 N–H and O–H groups in total. The molecule has 2 heterocycles. The summed E-state index contributed by atoms with van der Waals surface area (Å²) in [6.45, 7) is 7.75. The topological polar surface area (TPSA) is 53.9 Å². The summed E-state index contributed by atoms with van der Waals surface area (Å²) >= 11 is 1.76. The fourth-order valence-corrected chi connectivity index (χ4v) is 3.21. The second-order valence-electron chi connectivity index (χ2n) is 5.15. The molecule has 2 rings (SSSR count). The third-order valence-corrected chi connectivity index (χ3v) is 4.85. The number of ether oxygens (including phenoxy) is 1. The van der Waals surface area contributed by atoms with Gasteiger partial charge in [-0.05, 0) is 12.8 Å². The molecule has 2 aliphatic rings. The zero-order valence-electron chi connectivity index (χ0n) is 11.7. The molecule has 0 aromatic heterocycles. The number of amidine groups is 1. The van der Waals surface area contributed by atoms with Gasteiger partial charge in [-0.2, -0.15) is 0 Å². The van der Waals surface area contributed by atoms with Gasteiger partial charge in [-0.25, -0.2) is 0 Å². The van der Waals surface area contributed by atoms with Crippen LogP contribution in [0.1, 0.15) is 20.3 Å². The number of morpholine rings is 1. The van der Waals surface area contributed by atoms with E-state index in [1.807, 2.05) is 4.90 Å². The van der Waals surface area contributed by atoms with Crippen molar-refractivity contribution in [1.82, 2.24) is 10.2 Å². The van der Waals surface area contributed by atoms with Crippen LogP contribution >= 0.6 is 11.8 Å². The van der Waals surface area contributed by atoms with Gasteiger partial charge in [-0.1, -0.05) is 18.7 Å². The molecule has 0 aromatic rings. The van der Waals surface area contributed by atoms with Gasteiger partial charge in [0.05, 0.1) is 19.8 Å². The molecule has 0 aliphatic carbocycles. The molecule has 0 aromatic carbocycles. The number of hydrogen-bond donors (Lipinski definition) is 1. The molecule has 0 radical (unpaired) electrons. The highest BCUT2D eigenvalue weighted by Crippen LogP contribution is 2.19. The monoisotopic (exact) mass is 285 g/mol. The number of rotatable bonds is 3. The molecule has 19 heavy (non-hydrogen) atoms. The van der Waals surface area contributed by atoms with E-state index >= 15 is 0 Å². The Balaban J connectivity index is 1.71. The van der Waals surface area contributed by atoms with Crippen molar-refractivity contribution >= 4 is 22.8 Å². The first kappa shape index (κ1) is 14.7. The summed E-state index contributed by atoms with van der Waals surface area (Å²) in [6.07, 6.45) is 0.496. The Morgan fingerprint density at radius 3 is 2.89 bits per heavy atom. The highest BCUT2D eigenvalue weighted by Gasteiger charge is 2.21. The Morgan fingerprint density at radius 1 is 1.47 bits per heavy atom. The second-order valence-corrected chi connectivity index (χ2v) is 6.16. The minimum absolute atomic E-state index is 0.190. The minimum Gasteiger partial charge on any atom is -0.378 e. The molecule has 2 atom stereocenters. The Kier molecular flexibility index (Phi) is 5.51. The summed E-state index contributed by atoms with van der Waals surface area (Å²) in [6, 6.07) is 0.468. The quantitative estimate of drug-likeness (QED) is 0.839. The summed E-state index contributed by atoms with van der Waals surface area (Å²) in [7, 11) is 0. The van der Waals surface area contributed by atoms with Crippen LogP contribution in [0.2, 0.25) is 0 Å². The molecule has 2 saturated heterocycles. The van der Waals surface area contributed by atoms with Crippen LogP contribution in [0.15, 0.2) is 4.99 Å². The van der Waals surface area contributed by atoms with Crippen LogP contribution in [0.25, 0.3) is 0 Å². The van der Waals surface area contributed by atoms with Crippen LogP contribution in [0, 0.1) is 5.92 Å². The lowest BCUT2D eigenvalue weighted by Gasteiger charge is -2.28. The van der Waals surface area contributed by atoms with Crippen molar-refractivity contribution in [2.45, 2.75) is 26.3 Å². The van der Waals surface area contributed by atoms with E-state index in [1.165, 1.54) is 0 Å². The Bertz CT molecular complexity index is 343. The molecule has 0 spiro atoms. The first-order chi connectivity index (χ1) is 9.16. The maximum atomic E-state index is 11.9. The van der Waals surface area contributed by atoms with Crippen LogP contribution in [-0.4, -0.2) is 60.6 Å². The SMILES string of the molecule is CC1CSC(=NCCC(=O)N2CCOCC2)NC1C. The number of carbonyl (C=O) groups excluding carboxylic acids is 1. The molecule has 2 unspecified atom stereocenters. The highest BCUT2D eigenvalue weighted by molar-refractivity contribution is 8.13. The van der Waals surface area contributed by atoms with Crippen molar-refractivity contribution in [3.05, 3.63) is 0 Å². The smallest absolute Gasteiger partial charge is 0.224 e. The number of nitrogens with one attached hydrogen (secondary N) is 1. The van der Waals surface area contributed by atoms with E-state index in [-0.39, 0.29) is 5.91 Å². The van der Waals surface area contributed by atoms with Crippen molar-refractivity contribution in [2.75, 3.05) is 38.6 Å². The molecular weight excluding hydrogens is 262 g/mol. The average molecular weight is 285 g/mol. The molecule has 108 valence electrons. The molecule has 2 aliphatic heterocycles. The number of thioether (sulfide) groups is 1. The molecular formula is C13H23N3O2S. The number of aliphatic imine (C=N–C) groups is 1. The van der Waals surface area contributed by atoms with Crippen molar-refractivity contribution in [3.8, 4) is 0 Å². The predicted octanol–water partition coefficient (Wildman–Crippen LogP) is 0.952. The van der Waals surface area contributed by atoms with Gasteiger partial charge in [0.2, 0.25) is 5.91 Å².